The maximum atomic E-state index is 14.3. The number of ether oxygens (including phenoxy) is 2. The first-order chi connectivity index (χ1) is 15.3. The van der Waals surface area contributed by atoms with Gasteiger partial charge in [0.15, 0.2) is 11.5 Å². The predicted molar refractivity (Wildman–Crippen MR) is 120 cm³/mol. The highest BCUT2D eigenvalue weighted by molar-refractivity contribution is 6.08. The molecule has 7 heteroatoms. The average molecular weight is 437 g/mol. The lowest BCUT2D eigenvalue weighted by Gasteiger charge is -2.50. The number of nitriles is 1. The molecule has 170 valence electrons. The van der Waals surface area contributed by atoms with Gasteiger partial charge in [0, 0.05) is 19.1 Å². The SMILES string of the molecule is COC1[C@H](C)CC2(Cc3ccc(C#N)cc3[C@]23N=C(N)N(C[C@H]2CCCO2)C3=O)C[C@@H]1C. The molecule has 1 aromatic carbocycles. The molecule has 2 unspecified atom stereocenters. The van der Waals surface area contributed by atoms with E-state index in [2.05, 4.69) is 19.9 Å². The quantitative estimate of drug-likeness (QED) is 0.785. The van der Waals surface area contributed by atoms with Crippen LogP contribution >= 0.6 is 0 Å². The molecule has 5 rings (SSSR count). The Bertz CT molecular complexity index is 997. The van der Waals surface area contributed by atoms with Gasteiger partial charge in [-0.05, 0) is 67.2 Å². The van der Waals surface area contributed by atoms with Crippen molar-refractivity contribution in [3.63, 3.8) is 0 Å². The van der Waals surface area contributed by atoms with Crippen molar-refractivity contribution in [1.29, 1.82) is 5.26 Å². The summed E-state index contributed by atoms with van der Waals surface area (Å²) < 4.78 is 11.6. The first kappa shape index (κ1) is 21.4. The highest BCUT2D eigenvalue weighted by atomic mass is 16.5. The van der Waals surface area contributed by atoms with Gasteiger partial charge >= 0.3 is 0 Å². The Morgan fingerprint density at radius 1 is 1.34 bits per heavy atom. The van der Waals surface area contributed by atoms with Gasteiger partial charge in [0.05, 0.1) is 30.4 Å². The number of hydrogen-bond acceptors (Lipinski definition) is 6. The van der Waals surface area contributed by atoms with Crippen LogP contribution in [0, 0.1) is 28.6 Å². The van der Waals surface area contributed by atoms with Crippen molar-refractivity contribution < 1.29 is 14.3 Å². The first-order valence-corrected chi connectivity index (χ1v) is 11.7. The molecule has 2 heterocycles. The molecule has 2 spiro atoms. The molecular formula is C25H32N4O3. The lowest BCUT2D eigenvalue weighted by atomic mass is 9.56. The number of amides is 1. The van der Waals surface area contributed by atoms with E-state index in [9.17, 15) is 10.1 Å². The van der Waals surface area contributed by atoms with Crippen molar-refractivity contribution in [1.82, 2.24) is 4.90 Å². The van der Waals surface area contributed by atoms with Crippen LogP contribution in [0.15, 0.2) is 23.2 Å². The topological polar surface area (TPSA) is 101 Å². The lowest BCUT2D eigenvalue weighted by molar-refractivity contribution is -0.143. The molecule has 2 fully saturated rings. The monoisotopic (exact) mass is 436 g/mol. The molecule has 2 N–H and O–H groups in total. The van der Waals surface area contributed by atoms with Crippen molar-refractivity contribution in [2.24, 2.45) is 28.0 Å². The Hall–Kier alpha value is -2.43. The number of carbonyl (C=O) groups is 1. The van der Waals surface area contributed by atoms with Crippen LogP contribution in [0.2, 0.25) is 0 Å². The molecule has 2 aliphatic heterocycles. The fourth-order valence-corrected chi connectivity index (χ4v) is 7.20. The van der Waals surface area contributed by atoms with Gasteiger partial charge in [0.2, 0.25) is 0 Å². The second kappa shape index (κ2) is 7.57. The molecule has 32 heavy (non-hydrogen) atoms. The van der Waals surface area contributed by atoms with Crippen LogP contribution in [0.25, 0.3) is 0 Å². The Morgan fingerprint density at radius 2 is 2.09 bits per heavy atom. The lowest BCUT2D eigenvalue weighted by Crippen LogP contribution is -2.56. The summed E-state index contributed by atoms with van der Waals surface area (Å²) >= 11 is 0. The van der Waals surface area contributed by atoms with Crippen LogP contribution in [0.3, 0.4) is 0 Å². The Labute approximate surface area is 189 Å². The van der Waals surface area contributed by atoms with Crippen LogP contribution in [0.4, 0.5) is 0 Å². The largest absolute Gasteiger partial charge is 0.381 e. The minimum Gasteiger partial charge on any atom is -0.381 e. The Balaban J connectivity index is 1.63. The molecule has 1 aromatic rings. The zero-order valence-electron chi connectivity index (χ0n) is 19.1. The summed E-state index contributed by atoms with van der Waals surface area (Å²) in [5, 5.41) is 9.57. The number of nitrogens with two attached hydrogens (primary N) is 1. The van der Waals surface area contributed by atoms with E-state index in [4.69, 9.17) is 20.2 Å². The minimum absolute atomic E-state index is 0.00723. The van der Waals surface area contributed by atoms with E-state index < -0.39 is 5.54 Å². The first-order valence-electron chi connectivity index (χ1n) is 11.7. The second-order valence-electron chi connectivity index (χ2n) is 10.2. The number of carbonyl (C=O) groups excluding carboxylic acids is 1. The third kappa shape index (κ3) is 2.85. The van der Waals surface area contributed by atoms with Crippen LogP contribution in [-0.4, -0.2) is 49.2 Å². The summed E-state index contributed by atoms with van der Waals surface area (Å²) in [5.41, 5.74) is 7.49. The number of hydrogen-bond donors (Lipinski definition) is 1. The fraction of sp³-hybridized carbons (Fsp3) is 0.640. The fourth-order valence-electron chi connectivity index (χ4n) is 7.20. The third-order valence-electron chi connectivity index (χ3n) is 8.27. The molecule has 1 amide bonds. The van der Waals surface area contributed by atoms with Gasteiger partial charge in [-0.2, -0.15) is 5.26 Å². The van der Waals surface area contributed by atoms with Gasteiger partial charge in [0.1, 0.15) is 0 Å². The zero-order valence-corrected chi connectivity index (χ0v) is 19.1. The van der Waals surface area contributed by atoms with Crippen molar-refractivity contribution in [2.45, 2.75) is 63.7 Å². The molecular weight excluding hydrogens is 404 g/mol. The normalized spacial score (nSPS) is 38.4. The van der Waals surface area contributed by atoms with Gasteiger partial charge in [-0.1, -0.05) is 19.9 Å². The van der Waals surface area contributed by atoms with E-state index >= 15 is 0 Å². The van der Waals surface area contributed by atoms with Crippen LogP contribution in [0.5, 0.6) is 0 Å². The maximum Gasteiger partial charge on any atom is 0.262 e. The second-order valence-corrected chi connectivity index (χ2v) is 10.2. The van der Waals surface area contributed by atoms with E-state index in [0.29, 0.717) is 12.1 Å². The average Bonchev–Trinajstić information content (AvgIpc) is 3.42. The van der Waals surface area contributed by atoms with Crippen molar-refractivity contribution in [3.05, 3.63) is 34.9 Å². The van der Waals surface area contributed by atoms with Crippen LogP contribution in [-0.2, 0) is 26.2 Å². The number of benzene rings is 1. The molecule has 0 bridgehead atoms. The summed E-state index contributed by atoms with van der Waals surface area (Å²) in [7, 11) is 1.77. The number of guanidine groups is 1. The number of aliphatic imine (C=N–C) groups is 1. The highest BCUT2D eigenvalue weighted by Crippen LogP contribution is 2.63. The van der Waals surface area contributed by atoms with Gasteiger partial charge in [-0.25, -0.2) is 4.99 Å². The standard InChI is InChI=1S/C25H32N4O3/c1-15-10-24(11-16(2)21(15)31-3)12-18-7-6-17(13-26)9-20(18)25(24)22(30)29(23(27)28-25)14-19-5-4-8-32-19/h6-7,9,15-16,19,21H,4-5,8,10-12,14H2,1-3H3,(H2,27,28)/t15-,16+,19-,21?,24?,25-/m1/s1. The molecule has 0 aromatic heterocycles. The number of rotatable bonds is 3. The van der Waals surface area contributed by atoms with Crippen LogP contribution < -0.4 is 5.73 Å². The molecule has 4 aliphatic rings. The summed E-state index contributed by atoms with van der Waals surface area (Å²) in [6, 6.07) is 7.95. The molecule has 7 nitrogen and oxygen atoms in total. The molecule has 6 atom stereocenters. The van der Waals surface area contributed by atoms with Gasteiger partial charge in [-0.3, -0.25) is 9.69 Å². The number of nitrogens with zero attached hydrogens (tertiary/aromatic N) is 3. The summed E-state index contributed by atoms with van der Waals surface area (Å²) in [5.74, 6) is 0.771. The Kier molecular flexibility index (Phi) is 5.06. The smallest absolute Gasteiger partial charge is 0.262 e. The summed E-state index contributed by atoms with van der Waals surface area (Å²) in [6.07, 6.45) is 4.47. The van der Waals surface area contributed by atoms with E-state index in [1.54, 1.807) is 12.0 Å². The Morgan fingerprint density at radius 3 is 2.72 bits per heavy atom. The highest BCUT2D eigenvalue weighted by Gasteiger charge is 2.68. The molecule has 1 saturated heterocycles. The molecule has 2 aliphatic carbocycles. The maximum absolute atomic E-state index is 14.3. The third-order valence-corrected chi connectivity index (χ3v) is 8.27. The minimum atomic E-state index is -1.08. The number of fused-ring (bicyclic) bond motifs is 3. The van der Waals surface area contributed by atoms with Crippen molar-refractivity contribution >= 4 is 11.9 Å². The number of methoxy groups -OCH3 is 1. The van der Waals surface area contributed by atoms with E-state index in [-0.39, 0.29) is 41.3 Å². The van der Waals surface area contributed by atoms with Crippen molar-refractivity contribution in [2.75, 3.05) is 20.3 Å². The summed E-state index contributed by atoms with van der Waals surface area (Å²) in [6.45, 7) is 5.57. The zero-order chi connectivity index (χ0) is 22.7. The van der Waals surface area contributed by atoms with E-state index in [0.717, 1.165) is 49.8 Å². The van der Waals surface area contributed by atoms with Crippen LogP contribution in [0.1, 0.15) is 56.2 Å². The predicted octanol–water partition coefficient (Wildman–Crippen LogP) is 2.71. The van der Waals surface area contributed by atoms with Gasteiger partial charge in [0.25, 0.3) is 5.91 Å². The molecule has 1 saturated carbocycles. The van der Waals surface area contributed by atoms with Gasteiger partial charge in [-0.15, -0.1) is 0 Å². The van der Waals surface area contributed by atoms with E-state index in [1.165, 1.54) is 0 Å². The molecule has 0 radical (unpaired) electrons. The van der Waals surface area contributed by atoms with Crippen molar-refractivity contribution in [3.8, 4) is 6.07 Å². The summed E-state index contributed by atoms with van der Waals surface area (Å²) in [4.78, 5) is 20.9. The van der Waals surface area contributed by atoms with E-state index in [1.807, 2.05) is 18.2 Å². The van der Waals surface area contributed by atoms with Gasteiger partial charge < -0.3 is 15.2 Å².